The highest BCUT2D eigenvalue weighted by atomic mass is 19.1. The second-order valence-corrected chi connectivity index (χ2v) is 5.99. The molecule has 0 fully saturated rings. The predicted octanol–water partition coefficient (Wildman–Crippen LogP) is 2.48. The first-order chi connectivity index (χ1) is 14.2. The van der Waals surface area contributed by atoms with Gasteiger partial charge in [0.2, 0.25) is 0 Å². The molecular formula is C21H17BF2O6. The van der Waals surface area contributed by atoms with Crippen molar-refractivity contribution in [3.63, 3.8) is 0 Å². The Kier molecular flexibility index (Phi) is 7.79. The van der Waals surface area contributed by atoms with E-state index in [0.717, 1.165) is 12.1 Å². The molecule has 0 bridgehead atoms. The first-order valence-corrected chi connectivity index (χ1v) is 8.56. The van der Waals surface area contributed by atoms with Crippen molar-refractivity contribution in [1.82, 2.24) is 0 Å². The van der Waals surface area contributed by atoms with E-state index in [-0.39, 0.29) is 11.1 Å². The number of hydrogen-bond donors (Lipinski definition) is 3. The van der Waals surface area contributed by atoms with Crippen molar-refractivity contribution in [2.45, 2.75) is 0 Å². The maximum atomic E-state index is 13.4. The van der Waals surface area contributed by atoms with E-state index in [0.29, 0.717) is 16.6 Å². The molecule has 0 aliphatic heterocycles. The van der Waals surface area contributed by atoms with Crippen molar-refractivity contribution in [3.05, 3.63) is 89.5 Å². The first-order valence-electron chi connectivity index (χ1n) is 8.56. The van der Waals surface area contributed by atoms with E-state index in [2.05, 4.69) is 4.74 Å². The predicted molar refractivity (Wildman–Crippen MR) is 106 cm³/mol. The van der Waals surface area contributed by atoms with Gasteiger partial charge in [-0.05, 0) is 47.4 Å². The maximum Gasteiger partial charge on any atom is 0.488 e. The first kappa shape index (κ1) is 22.7. The Morgan fingerprint density at radius 3 is 1.90 bits per heavy atom. The summed E-state index contributed by atoms with van der Waals surface area (Å²) >= 11 is 0. The number of aromatic carboxylic acids is 1. The summed E-state index contributed by atoms with van der Waals surface area (Å²) in [5.74, 6) is -2.81. The molecule has 0 atom stereocenters. The van der Waals surface area contributed by atoms with Crippen molar-refractivity contribution >= 4 is 24.5 Å². The summed E-state index contributed by atoms with van der Waals surface area (Å²) in [6.07, 6.45) is 0. The van der Waals surface area contributed by atoms with Gasteiger partial charge in [-0.25, -0.2) is 18.4 Å². The van der Waals surface area contributed by atoms with Crippen LogP contribution in [0.2, 0.25) is 0 Å². The van der Waals surface area contributed by atoms with Crippen molar-refractivity contribution in [2.75, 3.05) is 7.11 Å². The third-order valence-corrected chi connectivity index (χ3v) is 4.00. The monoisotopic (exact) mass is 414 g/mol. The molecule has 0 aliphatic carbocycles. The molecule has 3 N–H and O–H groups in total. The Bertz CT molecular complexity index is 1020. The summed E-state index contributed by atoms with van der Waals surface area (Å²) in [5, 5.41) is 26.2. The second kappa shape index (κ2) is 10.3. The molecule has 0 saturated heterocycles. The van der Waals surface area contributed by atoms with Crippen LogP contribution in [0.15, 0.2) is 66.7 Å². The highest BCUT2D eigenvalue weighted by Gasteiger charge is 2.12. The number of halogens is 2. The molecule has 6 nitrogen and oxygen atoms in total. The minimum atomic E-state index is -1.51. The molecule has 0 radical (unpaired) electrons. The van der Waals surface area contributed by atoms with E-state index in [1.807, 2.05) is 0 Å². The van der Waals surface area contributed by atoms with Gasteiger partial charge in [0.1, 0.15) is 11.6 Å². The number of carbonyl (C=O) groups excluding carboxylic acids is 1. The van der Waals surface area contributed by atoms with E-state index < -0.39 is 30.7 Å². The van der Waals surface area contributed by atoms with Crippen molar-refractivity contribution in [3.8, 4) is 11.1 Å². The summed E-state index contributed by atoms with van der Waals surface area (Å²) in [7, 11) is -0.219. The van der Waals surface area contributed by atoms with Gasteiger partial charge in [0, 0.05) is 11.6 Å². The van der Waals surface area contributed by atoms with Crippen LogP contribution in [-0.2, 0) is 4.74 Å². The van der Waals surface area contributed by atoms with Gasteiger partial charge in [-0.2, -0.15) is 0 Å². The molecule has 3 aromatic carbocycles. The summed E-state index contributed by atoms with van der Waals surface area (Å²) in [5.41, 5.74) is 1.59. The smallest absolute Gasteiger partial charge is 0.478 e. The average molecular weight is 414 g/mol. The Morgan fingerprint density at radius 2 is 1.43 bits per heavy atom. The fraction of sp³-hybridized carbons (Fsp3) is 0.0476. The number of hydrogen-bond acceptors (Lipinski definition) is 5. The van der Waals surface area contributed by atoms with Crippen molar-refractivity contribution < 1.29 is 38.3 Å². The molecule has 0 heterocycles. The van der Waals surface area contributed by atoms with Gasteiger partial charge < -0.3 is 19.9 Å². The number of rotatable bonds is 4. The van der Waals surface area contributed by atoms with E-state index in [4.69, 9.17) is 15.2 Å². The molecule has 0 saturated carbocycles. The summed E-state index contributed by atoms with van der Waals surface area (Å²) < 4.78 is 30.6. The van der Waals surface area contributed by atoms with Crippen LogP contribution >= 0.6 is 0 Å². The van der Waals surface area contributed by atoms with Crippen LogP contribution in [-0.4, -0.2) is 41.3 Å². The highest BCUT2D eigenvalue weighted by molar-refractivity contribution is 6.58. The molecule has 3 aromatic rings. The van der Waals surface area contributed by atoms with Crippen LogP contribution in [0.25, 0.3) is 11.1 Å². The summed E-state index contributed by atoms with van der Waals surface area (Å²) in [6, 6.07) is 14.8. The zero-order chi connectivity index (χ0) is 22.3. The fourth-order valence-electron chi connectivity index (χ4n) is 2.43. The lowest BCUT2D eigenvalue weighted by Crippen LogP contribution is -2.29. The molecule has 0 unspecified atom stereocenters. The van der Waals surface area contributed by atoms with Crippen molar-refractivity contribution in [1.29, 1.82) is 0 Å². The van der Waals surface area contributed by atoms with Gasteiger partial charge in [-0.3, -0.25) is 0 Å². The third-order valence-electron chi connectivity index (χ3n) is 4.00. The molecule has 154 valence electrons. The summed E-state index contributed by atoms with van der Waals surface area (Å²) in [4.78, 5) is 21.6. The second-order valence-electron chi connectivity index (χ2n) is 5.99. The van der Waals surface area contributed by atoms with E-state index in [9.17, 15) is 18.4 Å². The molecule has 3 rings (SSSR count). The van der Waals surface area contributed by atoms with Gasteiger partial charge in [0.05, 0.1) is 18.2 Å². The minimum absolute atomic E-state index is 0.122. The van der Waals surface area contributed by atoms with Crippen LogP contribution in [0, 0.1) is 11.6 Å². The van der Waals surface area contributed by atoms with Gasteiger partial charge in [-0.1, -0.05) is 24.3 Å². The van der Waals surface area contributed by atoms with Crippen LogP contribution in [0.3, 0.4) is 0 Å². The van der Waals surface area contributed by atoms with Crippen LogP contribution < -0.4 is 5.46 Å². The highest BCUT2D eigenvalue weighted by Crippen LogP contribution is 2.23. The molecular weight excluding hydrogens is 397 g/mol. The molecule has 0 amide bonds. The zero-order valence-electron chi connectivity index (χ0n) is 15.8. The van der Waals surface area contributed by atoms with Crippen LogP contribution in [0.1, 0.15) is 20.7 Å². The maximum absolute atomic E-state index is 13.4. The molecule has 9 heteroatoms. The van der Waals surface area contributed by atoms with Gasteiger partial charge in [0.25, 0.3) is 0 Å². The minimum Gasteiger partial charge on any atom is -0.478 e. The summed E-state index contributed by atoms with van der Waals surface area (Å²) in [6.45, 7) is 0. The number of ether oxygens (including phenoxy) is 1. The SMILES string of the molecule is COC(=O)c1ccc(B(O)O)cc1.O=C(O)c1ccc(-c2ccc(F)cc2F)cc1. The number of carboxylic acid groups (broad SMARTS) is 1. The van der Waals surface area contributed by atoms with E-state index >= 15 is 0 Å². The third kappa shape index (κ3) is 5.97. The molecule has 0 aliphatic rings. The topological polar surface area (TPSA) is 104 Å². The Hall–Kier alpha value is -3.56. The lowest BCUT2D eigenvalue weighted by Gasteiger charge is -2.04. The van der Waals surface area contributed by atoms with Gasteiger partial charge in [-0.15, -0.1) is 0 Å². The molecule has 0 spiro atoms. The Balaban J connectivity index is 0.000000222. The average Bonchev–Trinajstić information content (AvgIpc) is 2.74. The standard InChI is InChI=1S/C13H8F2O2.C8H9BO4/c14-10-5-6-11(12(15)7-10)8-1-3-9(4-2-8)13(16)17;1-13-8(10)6-2-4-7(5-3-6)9(11)12/h1-7H,(H,16,17);2-5,11-12H,1H3. The fourth-order valence-corrected chi connectivity index (χ4v) is 2.43. The van der Waals surface area contributed by atoms with Crippen molar-refractivity contribution in [2.24, 2.45) is 0 Å². The lowest BCUT2D eigenvalue weighted by atomic mass is 9.80. The number of esters is 1. The number of benzene rings is 3. The lowest BCUT2D eigenvalue weighted by molar-refractivity contribution is 0.0599. The van der Waals surface area contributed by atoms with Gasteiger partial charge in [0.15, 0.2) is 0 Å². The Labute approximate surface area is 171 Å². The Morgan fingerprint density at radius 1 is 0.867 bits per heavy atom. The number of carboxylic acids is 1. The van der Waals surface area contributed by atoms with Crippen LogP contribution in [0.5, 0.6) is 0 Å². The number of carbonyl (C=O) groups is 2. The quantitative estimate of drug-likeness (QED) is 0.448. The molecule has 30 heavy (non-hydrogen) atoms. The normalized spacial score (nSPS) is 9.90. The van der Waals surface area contributed by atoms with Crippen LogP contribution in [0.4, 0.5) is 8.78 Å². The largest absolute Gasteiger partial charge is 0.488 e. The number of methoxy groups -OCH3 is 1. The zero-order valence-corrected chi connectivity index (χ0v) is 15.8. The van der Waals surface area contributed by atoms with Gasteiger partial charge >= 0.3 is 19.1 Å². The van der Waals surface area contributed by atoms with E-state index in [1.165, 1.54) is 61.7 Å². The molecule has 0 aromatic heterocycles. The van der Waals surface area contributed by atoms with E-state index in [1.54, 1.807) is 0 Å².